The lowest BCUT2D eigenvalue weighted by molar-refractivity contribution is -0.114. The number of methoxy groups -OCH3 is 1. The molecule has 0 fully saturated rings. The highest BCUT2D eigenvalue weighted by atomic mass is 31.2. The highest BCUT2D eigenvalue weighted by Crippen LogP contribution is 2.51. The highest BCUT2D eigenvalue weighted by Gasteiger charge is 2.34. The number of allylic oxidation sites excluding steroid dienone is 1. The van der Waals surface area contributed by atoms with Crippen LogP contribution in [-0.4, -0.2) is 52.8 Å². The van der Waals surface area contributed by atoms with Crippen molar-refractivity contribution >= 4 is 19.5 Å². The predicted octanol–water partition coefficient (Wildman–Crippen LogP) is 5.32. The maximum atomic E-state index is 12.8. The molecule has 7 nitrogen and oxygen atoms in total. The molecule has 0 heterocycles. The number of carbonyl (C=O) groups is 1. The molecule has 1 atom stereocenters. The molecule has 0 amide bonds. The molecule has 0 bridgehead atoms. The van der Waals surface area contributed by atoms with Crippen LogP contribution in [0.1, 0.15) is 62.8 Å². The number of ether oxygens (including phenoxy) is 3. The van der Waals surface area contributed by atoms with Crippen molar-refractivity contribution in [2.24, 2.45) is 0 Å². The van der Waals surface area contributed by atoms with Gasteiger partial charge in [-0.25, -0.2) is 0 Å². The summed E-state index contributed by atoms with van der Waals surface area (Å²) in [6.07, 6.45) is 7.32. The molecule has 0 spiro atoms. The first-order valence-electron chi connectivity index (χ1n) is 11.4. The Bertz CT molecular complexity index is 878. The van der Waals surface area contributed by atoms with Crippen molar-refractivity contribution in [1.82, 2.24) is 0 Å². The van der Waals surface area contributed by atoms with Crippen LogP contribution < -0.4 is 4.74 Å². The van der Waals surface area contributed by atoms with E-state index in [1.165, 1.54) is 31.4 Å². The predicted molar refractivity (Wildman–Crippen MR) is 130 cm³/mol. The fraction of sp³-hybridized carbons (Fsp3) is 0.640. The van der Waals surface area contributed by atoms with Crippen molar-refractivity contribution in [3.8, 4) is 5.75 Å². The van der Waals surface area contributed by atoms with Crippen LogP contribution in [0.15, 0.2) is 12.1 Å². The van der Waals surface area contributed by atoms with Crippen LogP contribution in [0.3, 0.4) is 0 Å². The molecule has 1 aliphatic carbocycles. The Kier molecular flexibility index (Phi) is 10.3. The molecule has 0 radical (unpaired) electrons. The van der Waals surface area contributed by atoms with Crippen LogP contribution in [0.5, 0.6) is 5.75 Å². The van der Waals surface area contributed by atoms with Gasteiger partial charge in [0.05, 0.1) is 13.2 Å². The Balaban J connectivity index is 2.42. The summed E-state index contributed by atoms with van der Waals surface area (Å²) >= 11 is 0. The first kappa shape index (κ1) is 27.7. The molecule has 186 valence electrons. The molecular weight excluding hydrogens is 443 g/mol. The van der Waals surface area contributed by atoms with Crippen molar-refractivity contribution in [2.75, 3.05) is 41.3 Å². The largest absolute Gasteiger partial charge is 0.467 e. The number of hydrogen-bond donors (Lipinski definition) is 0. The lowest BCUT2D eigenvalue weighted by Gasteiger charge is -2.30. The summed E-state index contributed by atoms with van der Waals surface area (Å²) < 4.78 is 39.3. The smallest absolute Gasteiger partial charge is 0.340 e. The average molecular weight is 483 g/mol. The molecule has 0 aromatic heterocycles. The quantitative estimate of drug-likeness (QED) is 0.173. The van der Waals surface area contributed by atoms with Crippen LogP contribution in [-0.2, 0) is 46.1 Å². The first-order chi connectivity index (χ1) is 15.6. The van der Waals surface area contributed by atoms with Gasteiger partial charge in [-0.1, -0.05) is 26.8 Å². The average Bonchev–Trinajstić information content (AvgIpc) is 2.80. The van der Waals surface area contributed by atoms with Crippen LogP contribution in [0, 0.1) is 0 Å². The topological polar surface area (TPSA) is 80.3 Å². The van der Waals surface area contributed by atoms with Crippen molar-refractivity contribution in [1.29, 1.82) is 0 Å². The minimum Gasteiger partial charge on any atom is -0.467 e. The minimum absolute atomic E-state index is 0.160. The molecule has 2 rings (SSSR count). The van der Waals surface area contributed by atoms with Gasteiger partial charge in [0.25, 0.3) is 0 Å². The normalized spacial score (nSPS) is 15.5. The van der Waals surface area contributed by atoms with E-state index in [4.69, 9.17) is 23.3 Å². The van der Waals surface area contributed by atoms with Crippen molar-refractivity contribution < 1.29 is 32.6 Å². The molecule has 0 aliphatic heterocycles. The molecule has 8 heteroatoms. The molecule has 1 unspecified atom stereocenters. The van der Waals surface area contributed by atoms with Gasteiger partial charge in [-0.3, -0.25) is 9.36 Å². The maximum Gasteiger partial charge on any atom is 0.340 e. The fourth-order valence-electron chi connectivity index (χ4n) is 3.98. The summed E-state index contributed by atoms with van der Waals surface area (Å²) in [6.45, 7) is 9.14. The van der Waals surface area contributed by atoms with Crippen LogP contribution >= 0.6 is 7.60 Å². The Morgan fingerprint density at radius 1 is 1.09 bits per heavy atom. The highest BCUT2D eigenvalue weighted by molar-refractivity contribution is 7.55. The third kappa shape index (κ3) is 7.00. The van der Waals surface area contributed by atoms with Crippen LogP contribution in [0.4, 0.5) is 0 Å². The lowest BCUT2D eigenvalue weighted by Crippen LogP contribution is -2.20. The summed E-state index contributed by atoms with van der Waals surface area (Å²) in [5, 5.41) is 0. The van der Waals surface area contributed by atoms with E-state index < -0.39 is 13.3 Å². The van der Waals surface area contributed by atoms with E-state index in [0.29, 0.717) is 13.2 Å². The van der Waals surface area contributed by atoms with E-state index in [1.807, 2.05) is 6.08 Å². The molecule has 0 N–H and O–H groups in total. The summed E-state index contributed by atoms with van der Waals surface area (Å²) in [4.78, 5) is 12.8. The molecule has 33 heavy (non-hydrogen) atoms. The second-order valence-electron chi connectivity index (χ2n) is 9.24. The van der Waals surface area contributed by atoms with Gasteiger partial charge in [0, 0.05) is 26.9 Å². The summed E-state index contributed by atoms with van der Waals surface area (Å²) in [5.41, 5.74) is 3.39. The molecule has 1 aromatic rings. The van der Waals surface area contributed by atoms with E-state index in [0.717, 1.165) is 42.6 Å². The van der Waals surface area contributed by atoms with Gasteiger partial charge in [-0.15, -0.1) is 0 Å². The molecule has 1 aliphatic rings. The van der Waals surface area contributed by atoms with E-state index in [2.05, 4.69) is 26.8 Å². The molecule has 1 aromatic carbocycles. The van der Waals surface area contributed by atoms with Gasteiger partial charge in [0.2, 0.25) is 0 Å². The van der Waals surface area contributed by atoms with Crippen LogP contribution in [0.2, 0.25) is 0 Å². The zero-order valence-corrected chi connectivity index (χ0v) is 22.0. The molecule has 0 saturated carbocycles. The van der Waals surface area contributed by atoms with Crippen molar-refractivity contribution in [3.05, 3.63) is 34.4 Å². The summed E-state index contributed by atoms with van der Waals surface area (Å²) in [5.74, 6) is 0.588. The number of benzene rings is 1. The van der Waals surface area contributed by atoms with Crippen molar-refractivity contribution in [3.63, 3.8) is 0 Å². The maximum absolute atomic E-state index is 12.8. The van der Waals surface area contributed by atoms with Gasteiger partial charge >= 0.3 is 7.60 Å². The standard InChI is InChI=1S/C25H39O7P/c1-18(33(27,29-6)30-7)23(26)13-12-19-16-22(25(2,3)4)24(32-17-31-15-14-28-5)21-11-9-8-10-20(19)21/h12-13,16,18H,8-11,14-15,17H2,1-7H3/b13-12+. The van der Waals surface area contributed by atoms with Gasteiger partial charge in [0.1, 0.15) is 11.4 Å². The second kappa shape index (κ2) is 12.3. The third-order valence-corrected chi connectivity index (χ3v) is 8.20. The zero-order valence-electron chi connectivity index (χ0n) is 21.1. The van der Waals surface area contributed by atoms with Gasteiger partial charge in [-0.2, -0.15) is 0 Å². The Morgan fingerprint density at radius 2 is 1.73 bits per heavy atom. The van der Waals surface area contributed by atoms with Gasteiger partial charge in [-0.05, 0) is 66.9 Å². The SMILES string of the molecule is COCCOCOc1c(C(C)(C)C)cc(/C=C/C(=O)C(C)P(=O)(OC)OC)c2c1CCCC2. The molecular formula is C25H39O7P. The minimum atomic E-state index is -3.48. The second-order valence-corrected chi connectivity index (χ2v) is 11.8. The van der Waals surface area contributed by atoms with Gasteiger partial charge in [0.15, 0.2) is 12.6 Å². The van der Waals surface area contributed by atoms with Crippen LogP contribution in [0.25, 0.3) is 6.08 Å². The van der Waals surface area contributed by atoms with E-state index in [9.17, 15) is 9.36 Å². The first-order valence-corrected chi connectivity index (χ1v) is 13.0. The number of rotatable bonds is 12. The Morgan fingerprint density at radius 3 is 2.30 bits per heavy atom. The summed E-state index contributed by atoms with van der Waals surface area (Å²) in [6, 6.07) is 2.11. The molecule has 0 saturated heterocycles. The third-order valence-electron chi connectivity index (χ3n) is 5.98. The van der Waals surface area contributed by atoms with E-state index in [-0.39, 0.29) is 18.0 Å². The zero-order chi connectivity index (χ0) is 24.6. The Labute approximate surface area is 198 Å². The number of hydrogen-bond acceptors (Lipinski definition) is 7. The monoisotopic (exact) mass is 482 g/mol. The number of ketones is 1. The number of fused-ring (bicyclic) bond motifs is 1. The van der Waals surface area contributed by atoms with Gasteiger partial charge < -0.3 is 23.3 Å². The lowest BCUT2D eigenvalue weighted by atomic mass is 9.78. The van der Waals surface area contributed by atoms with E-state index >= 15 is 0 Å². The fourth-order valence-corrected chi connectivity index (χ4v) is 5.15. The number of carbonyl (C=O) groups excluding carboxylic acids is 1. The summed E-state index contributed by atoms with van der Waals surface area (Å²) in [7, 11) is 0.744. The Hall–Kier alpha value is -1.50. The van der Waals surface area contributed by atoms with E-state index in [1.54, 1.807) is 14.0 Å². The van der Waals surface area contributed by atoms with Crippen molar-refractivity contribution in [2.45, 2.75) is 64.5 Å².